The van der Waals surface area contributed by atoms with Gasteiger partial charge in [0.1, 0.15) is 11.2 Å². The molecule has 4 heteroatoms. The first-order chi connectivity index (χ1) is 12.7. The van der Waals surface area contributed by atoms with Gasteiger partial charge >= 0.3 is 0 Å². The first kappa shape index (κ1) is 16.6. The molecule has 0 bridgehead atoms. The van der Waals surface area contributed by atoms with Crippen LogP contribution in [0.4, 0.5) is 5.69 Å². The molecule has 0 spiro atoms. The van der Waals surface area contributed by atoms with Crippen LogP contribution in [0.2, 0.25) is 0 Å². The van der Waals surface area contributed by atoms with Crippen molar-refractivity contribution in [1.29, 1.82) is 0 Å². The van der Waals surface area contributed by atoms with Crippen molar-refractivity contribution in [2.24, 2.45) is 4.99 Å². The summed E-state index contributed by atoms with van der Waals surface area (Å²) < 4.78 is 6.26. The Morgan fingerprint density at radius 2 is 1.81 bits per heavy atom. The van der Waals surface area contributed by atoms with Crippen molar-refractivity contribution in [2.75, 3.05) is 24.5 Å². The molecule has 2 aromatic carbocycles. The molecule has 0 atom stereocenters. The molecular weight excluding hydrogens is 322 g/mol. The zero-order valence-electron chi connectivity index (χ0n) is 15.5. The van der Waals surface area contributed by atoms with Gasteiger partial charge in [-0.25, -0.2) is 4.98 Å². The topological polar surface area (TPSA) is 41.6 Å². The van der Waals surface area contributed by atoms with E-state index in [-0.39, 0.29) is 0 Å². The Labute approximate surface area is 153 Å². The fourth-order valence-electron chi connectivity index (χ4n) is 3.46. The summed E-state index contributed by atoms with van der Waals surface area (Å²) in [6.07, 6.45) is 0. The van der Waals surface area contributed by atoms with E-state index in [1.165, 1.54) is 11.1 Å². The van der Waals surface area contributed by atoms with E-state index in [0.29, 0.717) is 0 Å². The van der Waals surface area contributed by atoms with Crippen LogP contribution in [0.3, 0.4) is 0 Å². The van der Waals surface area contributed by atoms with E-state index in [9.17, 15) is 0 Å². The van der Waals surface area contributed by atoms with E-state index in [1.54, 1.807) is 0 Å². The predicted molar refractivity (Wildman–Crippen MR) is 108 cm³/mol. The number of aromatic nitrogens is 1. The molecule has 0 amide bonds. The highest BCUT2D eigenvalue weighted by Crippen LogP contribution is 2.31. The molecule has 0 unspecified atom stereocenters. The van der Waals surface area contributed by atoms with Gasteiger partial charge in [0.2, 0.25) is 0 Å². The van der Waals surface area contributed by atoms with E-state index >= 15 is 0 Å². The summed E-state index contributed by atoms with van der Waals surface area (Å²) in [6, 6.07) is 16.6. The number of nitrogens with zero attached hydrogens (tertiary/aromatic N) is 3. The largest absolute Gasteiger partial charge is 0.452 e. The first-order valence-electron chi connectivity index (χ1n) is 9.26. The molecule has 26 heavy (non-hydrogen) atoms. The monoisotopic (exact) mass is 345 g/mol. The van der Waals surface area contributed by atoms with Crippen LogP contribution in [0.5, 0.6) is 0 Å². The van der Waals surface area contributed by atoms with Crippen molar-refractivity contribution in [1.82, 2.24) is 4.98 Å². The molecule has 4 rings (SSSR count). The van der Waals surface area contributed by atoms with Gasteiger partial charge in [-0.3, -0.25) is 4.99 Å². The Balaban J connectivity index is 1.96. The highest BCUT2D eigenvalue weighted by molar-refractivity contribution is 6.04. The van der Waals surface area contributed by atoms with Gasteiger partial charge in [0.25, 0.3) is 0 Å². The van der Waals surface area contributed by atoms with Gasteiger partial charge in [-0.2, -0.15) is 0 Å². The lowest BCUT2D eigenvalue weighted by atomic mass is 10.1. The maximum absolute atomic E-state index is 6.26. The molecule has 4 nitrogen and oxygen atoms in total. The number of fused-ring (bicyclic) bond motifs is 4. The summed E-state index contributed by atoms with van der Waals surface area (Å²) in [7, 11) is 0. The van der Waals surface area contributed by atoms with Crippen molar-refractivity contribution < 1.29 is 4.42 Å². The molecule has 1 aliphatic heterocycles. The highest BCUT2D eigenvalue weighted by atomic mass is 16.3. The molecule has 2 aliphatic rings. The fraction of sp³-hybridized carbons (Fsp3) is 0.273. The van der Waals surface area contributed by atoms with Gasteiger partial charge in [-0.15, -0.1) is 0 Å². The molecule has 2 aromatic rings. The van der Waals surface area contributed by atoms with Crippen LogP contribution in [0, 0.1) is 0 Å². The minimum Gasteiger partial charge on any atom is -0.452 e. The maximum Gasteiger partial charge on any atom is 0.160 e. The van der Waals surface area contributed by atoms with Gasteiger partial charge in [0.15, 0.2) is 11.3 Å². The average Bonchev–Trinajstić information content (AvgIpc) is 2.67. The lowest BCUT2D eigenvalue weighted by molar-refractivity contribution is 0.615. The summed E-state index contributed by atoms with van der Waals surface area (Å²) in [5.41, 5.74) is 3.79. The number of hydrogen-bond acceptors (Lipinski definition) is 4. The van der Waals surface area contributed by atoms with Crippen LogP contribution in [-0.2, 0) is 0 Å². The SMILES string of the molecule is CCN=c1ccc2nc3ccc4cc(N(CC)CC)ccc4c3oc-2c1. The Bertz CT molecular complexity index is 1110. The quantitative estimate of drug-likeness (QED) is 0.392. The molecule has 0 fully saturated rings. The van der Waals surface area contributed by atoms with Gasteiger partial charge in [0, 0.05) is 36.8 Å². The third-order valence-electron chi connectivity index (χ3n) is 4.80. The van der Waals surface area contributed by atoms with Crippen LogP contribution >= 0.6 is 0 Å². The predicted octanol–water partition coefficient (Wildman–Crippen LogP) is 4.85. The van der Waals surface area contributed by atoms with Crippen molar-refractivity contribution in [3.05, 3.63) is 53.9 Å². The van der Waals surface area contributed by atoms with Gasteiger partial charge < -0.3 is 9.32 Å². The van der Waals surface area contributed by atoms with Crippen molar-refractivity contribution >= 4 is 27.6 Å². The van der Waals surface area contributed by atoms with Gasteiger partial charge in [-0.05, 0) is 62.6 Å². The van der Waals surface area contributed by atoms with Gasteiger partial charge in [0.05, 0.1) is 5.36 Å². The molecule has 132 valence electrons. The zero-order chi connectivity index (χ0) is 18.1. The molecule has 0 aromatic heterocycles. The summed E-state index contributed by atoms with van der Waals surface area (Å²) in [4.78, 5) is 11.6. The third kappa shape index (κ3) is 2.81. The summed E-state index contributed by atoms with van der Waals surface area (Å²) in [5.74, 6) is 0.771. The second kappa shape index (κ2) is 6.79. The van der Waals surface area contributed by atoms with Crippen molar-refractivity contribution in [3.63, 3.8) is 0 Å². The van der Waals surface area contributed by atoms with Crippen LogP contribution in [0.1, 0.15) is 20.8 Å². The number of hydrogen-bond donors (Lipinski definition) is 0. The number of anilines is 1. The summed E-state index contributed by atoms with van der Waals surface area (Å²) >= 11 is 0. The Morgan fingerprint density at radius 1 is 0.962 bits per heavy atom. The van der Waals surface area contributed by atoms with Crippen molar-refractivity contribution in [3.8, 4) is 11.5 Å². The Kier molecular flexibility index (Phi) is 4.33. The second-order valence-corrected chi connectivity index (χ2v) is 6.33. The first-order valence-corrected chi connectivity index (χ1v) is 9.26. The Hall–Kier alpha value is -2.88. The van der Waals surface area contributed by atoms with E-state index in [2.05, 4.69) is 48.0 Å². The standard InChI is InChI=1S/C22H23N3O/c1-4-23-16-8-12-19-21(14-16)26-22-18-10-9-17(25(5-2)6-3)13-15(18)7-11-20(22)24-19/h7-14H,4-6H2,1-3H3. The molecule has 1 heterocycles. The van der Waals surface area contributed by atoms with E-state index in [1.807, 2.05) is 31.2 Å². The van der Waals surface area contributed by atoms with Crippen molar-refractivity contribution in [2.45, 2.75) is 20.8 Å². The van der Waals surface area contributed by atoms with Crippen LogP contribution in [0.25, 0.3) is 33.3 Å². The molecule has 0 radical (unpaired) electrons. The van der Waals surface area contributed by atoms with E-state index in [0.717, 1.165) is 52.9 Å². The number of benzene rings is 3. The minimum atomic E-state index is 0.754. The normalized spacial score (nSPS) is 12.3. The number of rotatable bonds is 4. The van der Waals surface area contributed by atoms with Crippen LogP contribution in [-0.4, -0.2) is 24.6 Å². The maximum atomic E-state index is 6.26. The van der Waals surface area contributed by atoms with Crippen LogP contribution in [0.15, 0.2) is 57.9 Å². The fourth-order valence-corrected chi connectivity index (χ4v) is 3.46. The van der Waals surface area contributed by atoms with E-state index < -0.39 is 0 Å². The zero-order valence-corrected chi connectivity index (χ0v) is 15.5. The lowest BCUT2D eigenvalue weighted by Crippen LogP contribution is -2.21. The smallest absolute Gasteiger partial charge is 0.160 e. The second-order valence-electron chi connectivity index (χ2n) is 6.33. The molecule has 0 saturated carbocycles. The van der Waals surface area contributed by atoms with E-state index in [4.69, 9.17) is 9.40 Å². The highest BCUT2D eigenvalue weighted by Gasteiger charge is 2.12. The minimum absolute atomic E-state index is 0.754. The Morgan fingerprint density at radius 3 is 2.58 bits per heavy atom. The molecule has 0 saturated heterocycles. The third-order valence-corrected chi connectivity index (χ3v) is 4.80. The molecule has 1 aliphatic carbocycles. The lowest BCUT2D eigenvalue weighted by Gasteiger charge is -2.21. The average molecular weight is 345 g/mol. The molecule has 0 N–H and O–H groups in total. The van der Waals surface area contributed by atoms with Gasteiger partial charge in [-0.1, -0.05) is 6.07 Å². The summed E-state index contributed by atoms with van der Waals surface area (Å²) in [6.45, 7) is 9.13. The molecular formula is C22H23N3O. The van der Waals surface area contributed by atoms with Crippen LogP contribution < -0.4 is 10.3 Å². The summed E-state index contributed by atoms with van der Waals surface area (Å²) in [5, 5.41) is 3.18.